The van der Waals surface area contributed by atoms with E-state index < -0.39 is 6.04 Å². The second-order valence-electron chi connectivity index (χ2n) is 6.03. The highest BCUT2D eigenvalue weighted by Gasteiger charge is 2.17. The quantitative estimate of drug-likeness (QED) is 0.704. The number of fused-ring (bicyclic) bond motifs is 1. The first-order valence-electron chi connectivity index (χ1n) is 8.19. The average Bonchev–Trinajstić information content (AvgIpc) is 2.64. The molecule has 8 heteroatoms. The van der Waals surface area contributed by atoms with E-state index in [0.717, 1.165) is 0 Å². The van der Waals surface area contributed by atoms with Crippen LogP contribution in [0.3, 0.4) is 0 Å². The summed E-state index contributed by atoms with van der Waals surface area (Å²) in [6.07, 6.45) is 0. The molecule has 1 aromatic heterocycles. The second-order valence-corrected chi connectivity index (χ2v) is 6.90. The normalized spacial score (nSPS) is 12.0. The molecule has 0 fully saturated rings. The number of aromatic nitrogens is 2. The number of carbonyl (C=O) groups excluding carboxylic acids is 1. The van der Waals surface area contributed by atoms with Crippen LogP contribution in [0, 0.1) is 0 Å². The molecule has 0 aliphatic carbocycles. The van der Waals surface area contributed by atoms with Gasteiger partial charge in [0.1, 0.15) is 11.6 Å². The van der Waals surface area contributed by atoms with Crippen molar-refractivity contribution in [2.75, 3.05) is 6.61 Å². The molecule has 0 unspecified atom stereocenters. The van der Waals surface area contributed by atoms with E-state index in [4.69, 9.17) is 27.9 Å². The lowest BCUT2D eigenvalue weighted by molar-refractivity contribution is -0.123. The zero-order valence-corrected chi connectivity index (χ0v) is 16.2. The van der Waals surface area contributed by atoms with Crippen LogP contribution < -0.4 is 15.6 Å². The van der Waals surface area contributed by atoms with Crippen LogP contribution in [0.2, 0.25) is 10.0 Å². The summed E-state index contributed by atoms with van der Waals surface area (Å²) in [5, 5.41) is 4.32. The lowest BCUT2D eigenvalue weighted by Gasteiger charge is -2.17. The van der Waals surface area contributed by atoms with Crippen molar-refractivity contribution in [3.63, 3.8) is 0 Å². The lowest BCUT2D eigenvalue weighted by Crippen LogP contribution is -2.35. The summed E-state index contributed by atoms with van der Waals surface area (Å²) in [4.78, 5) is 29.2. The van der Waals surface area contributed by atoms with Gasteiger partial charge in [0.25, 0.3) is 11.5 Å². The molecule has 0 aliphatic heterocycles. The van der Waals surface area contributed by atoms with Gasteiger partial charge in [-0.15, -0.1) is 0 Å². The molecule has 2 aromatic carbocycles. The van der Waals surface area contributed by atoms with Crippen LogP contribution in [0.1, 0.15) is 18.8 Å². The molecule has 1 heterocycles. The maximum Gasteiger partial charge on any atom is 0.261 e. The highest BCUT2D eigenvalue weighted by atomic mass is 35.5. The topological polar surface area (TPSA) is 73.2 Å². The number of ether oxygens (including phenoxy) is 1. The predicted octanol–water partition coefficient (Wildman–Crippen LogP) is 3.50. The zero-order chi connectivity index (χ0) is 19.6. The SMILES string of the molecule is C[C@@H](NC(=O)COc1ccc(Cl)cc1)c1nc2cc(Cl)ccc2c(=O)n1C. The number of carbonyl (C=O) groups is 1. The summed E-state index contributed by atoms with van der Waals surface area (Å²) in [6, 6.07) is 11.1. The summed E-state index contributed by atoms with van der Waals surface area (Å²) in [5.74, 6) is 0.626. The van der Waals surface area contributed by atoms with Crippen molar-refractivity contribution in [3.05, 3.63) is 68.7 Å². The Morgan fingerprint density at radius 3 is 2.56 bits per heavy atom. The largest absolute Gasteiger partial charge is 0.484 e. The minimum atomic E-state index is -0.493. The van der Waals surface area contributed by atoms with Crippen LogP contribution in [0.4, 0.5) is 0 Å². The fourth-order valence-corrected chi connectivity index (χ4v) is 2.97. The Labute approximate surface area is 165 Å². The van der Waals surface area contributed by atoms with Gasteiger partial charge in [0.05, 0.1) is 16.9 Å². The van der Waals surface area contributed by atoms with E-state index in [2.05, 4.69) is 10.3 Å². The number of amides is 1. The van der Waals surface area contributed by atoms with Crippen molar-refractivity contribution >= 4 is 40.0 Å². The number of nitrogens with zero attached hydrogens (tertiary/aromatic N) is 2. The van der Waals surface area contributed by atoms with Gasteiger partial charge in [-0.25, -0.2) is 4.98 Å². The predicted molar refractivity (Wildman–Crippen MR) is 105 cm³/mol. The van der Waals surface area contributed by atoms with Crippen molar-refractivity contribution in [2.45, 2.75) is 13.0 Å². The highest BCUT2D eigenvalue weighted by molar-refractivity contribution is 6.31. The van der Waals surface area contributed by atoms with Crippen LogP contribution in [-0.2, 0) is 11.8 Å². The smallest absolute Gasteiger partial charge is 0.261 e. The van der Waals surface area contributed by atoms with Gasteiger partial charge in [-0.1, -0.05) is 23.2 Å². The van der Waals surface area contributed by atoms with Gasteiger partial charge in [-0.2, -0.15) is 0 Å². The van der Waals surface area contributed by atoms with Gasteiger partial charge in [0, 0.05) is 17.1 Å². The Hall–Kier alpha value is -2.57. The summed E-state index contributed by atoms with van der Waals surface area (Å²) >= 11 is 11.8. The van der Waals surface area contributed by atoms with E-state index in [1.165, 1.54) is 4.57 Å². The maximum atomic E-state index is 12.5. The third kappa shape index (κ3) is 4.40. The van der Waals surface area contributed by atoms with Gasteiger partial charge < -0.3 is 10.1 Å². The molecule has 0 saturated carbocycles. The third-order valence-corrected chi connectivity index (χ3v) is 4.51. The molecule has 0 spiro atoms. The first kappa shape index (κ1) is 19.2. The number of rotatable bonds is 5. The number of nitrogens with one attached hydrogen (secondary N) is 1. The fourth-order valence-electron chi connectivity index (χ4n) is 2.68. The molecule has 0 radical (unpaired) electrons. The number of benzene rings is 2. The molecule has 27 heavy (non-hydrogen) atoms. The van der Waals surface area contributed by atoms with E-state index in [9.17, 15) is 9.59 Å². The van der Waals surface area contributed by atoms with Crippen molar-refractivity contribution in [2.24, 2.45) is 7.05 Å². The molecule has 6 nitrogen and oxygen atoms in total. The standard InChI is InChI=1S/C19H17Cl2N3O3/c1-11(22-17(25)10-27-14-6-3-12(20)4-7-14)18-23-16-9-13(21)5-8-15(16)19(26)24(18)2/h3-9,11H,10H2,1-2H3,(H,22,25)/t11-/m1/s1. The Morgan fingerprint density at radius 1 is 1.19 bits per heavy atom. The summed E-state index contributed by atoms with van der Waals surface area (Å²) in [6.45, 7) is 1.58. The molecule has 0 bridgehead atoms. The van der Waals surface area contributed by atoms with Crippen LogP contribution in [-0.4, -0.2) is 22.1 Å². The number of hydrogen-bond acceptors (Lipinski definition) is 4. The molecule has 1 atom stereocenters. The maximum absolute atomic E-state index is 12.5. The van der Waals surface area contributed by atoms with E-state index in [1.54, 1.807) is 56.4 Å². The molecular formula is C19H17Cl2N3O3. The van der Waals surface area contributed by atoms with E-state index in [-0.39, 0.29) is 18.1 Å². The zero-order valence-electron chi connectivity index (χ0n) is 14.7. The Kier molecular flexibility index (Phi) is 5.68. The van der Waals surface area contributed by atoms with Gasteiger partial charge in [0.2, 0.25) is 0 Å². The molecule has 0 aliphatic rings. The van der Waals surface area contributed by atoms with Crippen LogP contribution in [0.25, 0.3) is 10.9 Å². The molecule has 1 amide bonds. The molecule has 3 rings (SSSR count). The van der Waals surface area contributed by atoms with E-state index in [0.29, 0.717) is 32.5 Å². The van der Waals surface area contributed by atoms with Gasteiger partial charge >= 0.3 is 0 Å². The Morgan fingerprint density at radius 2 is 1.85 bits per heavy atom. The van der Waals surface area contributed by atoms with Crippen LogP contribution in [0.5, 0.6) is 5.75 Å². The Bertz CT molecular complexity index is 1050. The lowest BCUT2D eigenvalue weighted by atomic mass is 10.2. The highest BCUT2D eigenvalue weighted by Crippen LogP contribution is 2.18. The number of halogens is 2. The van der Waals surface area contributed by atoms with Crippen molar-refractivity contribution in [1.82, 2.24) is 14.9 Å². The third-order valence-electron chi connectivity index (χ3n) is 4.02. The van der Waals surface area contributed by atoms with Crippen molar-refractivity contribution in [3.8, 4) is 5.75 Å². The van der Waals surface area contributed by atoms with E-state index >= 15 is 0 Å². The van der Waals surface area contributed by atoms with E-state index in [1.807, 2.05) is 0 Å². The molecule has 1 N–H and O–H groups in total. The Balaban J connectivity index is 1.74. The molecule has 0 saturated heterocycles. The van der Waals surface area contributed by atoms with Crippen LogP contribution >= 0.6 is 23.2 Å². The number of hydrogen-bond donors (Lipinski definition) is 1. The van der Waals surface area contributed by atoms with Gasteiger partial charge in [0.15, 0.2) is 6.61 Å². The summed E-state index contributed by atoms with van der Waals surface area (Å²) in [5.41, 5.74) is 0.282. The van der Waals surface area contributed by atoms with Gasteiger partial charge in [-0.3, -0.25) is 14.2 Å². The average molecular weight is 406 g/mol. The summed E-state index contributed by atoms with van der Waals surface area (Å²) < 4.78 is 6.84. The monoisotopic (exact) mass is 405 g/mol. The summed E-state index contributed by atoms with van der Waals surface area (Å²) in [7, 11) is 1.62. The minimum absolute atomic E-state index is 0.167. The fraction of sp³-hybridized carbons (Fsp3) is 0.211. The molecular weight excluding hydrogens is 389 g/mol. The molecule has 3 aromatic rings. The molecule has 140 valence electrons. The first-order valence-corrected chi connectivity index (χ1v) is 8.94. The van der Waals surface area contributed by atoms with Crippen molar-refractivity contribution in [1.29, 1.82) is 0 Å². The van der Waals surface area contributed by atoms with Crippen LogP contribution in [0.15, 0.2) is 47.3 Å². The second kappa shape index (κ2) is 7.98. The minimum Gasteiger partial charge on any atom is -0.484 e. The van der Waals surface area contributed by atoms with Gasteiger partial charge in [-0.05, 0) is 49.4 Å². The first-order chi connectivity index (χ1) is 12.8. The van der Waals surface area contributed by atoms with Crippen molar-refractivity contribution < 1.29 is 9.53 Å².